The fourth-order valence-corrected chi connectivity index (χ4v) is 2.10. The summed E-state index contributed by atoms with van der Waals surface area (Å²) in [5.74, 6) is 0.374. The van der Waals surface area contributed by atoms with Crippen LogP contribution in [-0.2, 0) is 6.54 Å². The maximum Gasteiger partial charge on any atom is 0.311 e. The summed E-state index contributed by atoms with van der Waals surface area (Å²) >= 11 is 0. The summed E-state index contributed by atoms with van der Waals surface area (Å²) in [7, 11) is 0. The van der Waals surface area contributed by atoms with E-state index in [1.165, 1.54) is 12.8 Å². The van der Waals surface area contributed by atoms with Crippen LogP contribution in [0.1, 0.15) is 45.1 Å². The van der Waals surface area contributed by atoms with Crippen molar-refractivity contribution in [2.45, 2.75) is 58.2 Å². The summed E-state index contributed by atoms with van der Waals surface area (Å²) in [5, 5.41) is 14.5. The van der Waals surface area contributed by atoms with Crippen LogP contribution in [-0.4, -0.2) is 17.1 Å². The number of ether oxygens (including phenoxy) is 1. The van der Waals surface area contributed by atoms with Gasteiger partial charge >= 0.3 is 5.69 Å². The fourth-order valence-electron chi connectivity index (χ4n) is 2.10. The van der Waals surface area contributed by atoms with Gasteiger partial charge in [-0.2, -0.15) is 0 Å². The van der Waals surface area contributed by atoms with Gasteiger partial charge in [0.1, 0.15) is 0 Å². The van der Waals surface area contributed by atoms with Crippen LogP contribution in [0.2, 0.25) is 0 Å². The first kappa shape index (κ1) is 14.8. The Labute approximate surface area is 119 Å². The molecule has 20 heavy (non-hydrogen) atoms. The van der Waals surface area contributed by atoms with Gasteiger partial charge in [0.05, 0.1) is 11.0 Å². The van der Waals surface area contributed by atoms with Gasteiger partial charge in [-0.25, -0.2) is 0 Å². The summed E-state index contributed by atoms with van der Waals surface area (Å²) in [6.45, 7) is 4.72. The van der Waals surface area contributed by atoms with Crippen molar-refractivity contribution in [1.82, 2.24) is 5.32 Å². The Bertz CT molecular complexity index is 468. The van der Waals surface area contributed by atoms with Crippen LogP contribution in [0.5, 0.6) is 5.75 Å². The molecule has 0 spiro atoms. The number of hydrogen-bond acceptors (Lipinski definition) is 4. The van der Waals surface area contributed by atoms with Crippen molar-refractivity contribution in [3.63, 3.8) is 0 Å². The van der Waals surface area contributed by atoms with Crippen molar-refractivity contribution in [2.24, 2.45) is 0 Å². The molecule has 0 radical (unpaired) electrons. The van der Waals surface area contributed by atoms with Gasteiger partial charge in [0.2, 0.25) is 0 Å². The van der Waals surface area contributed by atoms with E-state index in [-0.39, 0.29) is 16.7 Å². The first-order valence-electron chi connectivity index (χ1n) is 7.31. The predicted molar refractivity (Wildman–Crippen MR) is 78.0 cm³/mol. The van der Waals surface area contributed by atoms with Crippen molar-refractivity contribution in [3.8, 4) is 5.75 Å². The molecular weight excluding hydrogens is 256 g/mol. The zero-order valence-electron chi connectivity index (χ0n) is 12.1. The lowest BCUT2D eigenvalue weighted by atomic mass is 10.1. The van der Waals surface area contributed by atoms with Gasteiger partial charge in [-0.1, -0.05) is 19.9 Å². The van der Waals surface area contributed by atoms with Gasteiger partial charge in [0, 0.05) is 18.7 Å². The van der Waals surface area contributed by atoms with Crippen LogP contribution in [0, 0.1) is 10.1 Å². The number of nitrogens with one attached hydrogen (secondary N) is 1. The highest BCUT2D eigenvalue weighted by Gasteiger charge is 2.22. The summed E-state index contributed by atoms with van der Waals surface area (Å²) < 4.78 is 5.74. The summed E-state index contributed by atoms with van der Waals surface area (Å²) in [5.41, 5.74) is 0.993. The van der Waals surface area contributed by atoms with Gasteiger partial charge in [0.15, 0.2) is 5.75 Å². The Kier molecular flexibility index (Phi) is 4.95. The molecule has 5 heteroatoms. The topological polar surface area (TPSA) is 64.4 Å². The lowest BCUT2D eigenvalue weighted by Gasteiger charge is -2.16. The highest BCUT2D eigenvalue weighted by atomic mass is 16.6. The molecule has 0 amide bonds. The third kappa shape index (κ3) is 3.93. The minimum absolute atomic E-state index is 0.0316. The molecule has 0 heterocycles. The number of benzene rings is 1. The molecule has 1 aliphatic rings. The summed E-state index contributed by atoms with van der Waals surface area (Å²) in [4.78, 5) is 10.8. The van der Waals surface area contributed by atoms with E-state index in [1.807, 2.05) is 19.9 Å². The van der Waals surface area contributed by atoms with Gasteiger partial charge in [-0.15, -0.1) is 0 Å². The van der Waals surface area contributed by atoms with E-state index >= 15 is 0 Å². The Morgan fingerprint density at radius 1 is 1.40 bits per heavy atom. The molecule has 0 aliphatic heterocycles. The number of hydrogen-bond donors (Lipinski definition) is 1. The second-order valence-corrected chi connectivity index (χ2v) is 5.27. The number of nitro benzene ring substituents is 1. The zero-order valence-corrected chi connectivity index (χ0v) is 12.1. The molecular formula is C15H22N2O3. The molecule has 1 fully saturated rings. The normalized spacial score (nSPS) is 14.6. The SMILES string of the molecule is CCC(CC)Oc1ccc(CNC2CC2)cc1[N+](=O)[O-]. The van der Waals surface area contributed by atoms with Crippen LogP contribution in [0.15, 0.2) is 18.2 Å². The molecule has 110 valence electrons. The van der Waals surface area contributed by atoms with E-state index < -0.39 is 0 Å². The standard InChI is InChI=1S/C15H22N2O3/c1-3-13(4-2)20-15-8-5-11(9-14(15)17(18)19)10-16-12-6-7-12/h5,8-9,12-13,16H,3-4,6-7,10H2,1-2H3. The van der Waals surface area contributed by atoms with E-state index in [1.54, 1.807) is 12.1 Å². The Morgan fingerprint density at radius 2 is 2.10 bits per heavy atom. The van der Waals surface area contributed by atoms with Crippen LogP contribution >= 0.6 is 0 Å². The van der Waals surface area contributed by atoms with Crippen molar-refractivity contribution < 1.29 is 9.66 Å². The molecule has 1 saturated carbocycles. The van der Waals surface area contributed by atoms with E-state index in [9.17, 15) is 10.1 Å². The van der Waals surface area contributed by atoms with Crippen molar-refractivity contribution in [3.05, 3.63) is 33.9 Å². The van der Waals surface area contributed by atoms with Crippen LogP contribution < -0.4 is 10.1 Å². The molecule has 0 bridgehead atoms. The number of rotatable bonds is 8. The van der Waals surface area contributed by atoms with Crippen LogP contribution in [0.25, 0.3) is 0 Å². The molecule has 1 aliphatic carbocycles. The average molecular weight is 278 g/mol. The second kappa shape index (κ2) is 6.70. The monoisotopic (exact) mass is 278 g/mol. The largest absolute Gasteiger partial charge is 0.484 e. The molecule has 0 saturated heterocycles. The molecule has 0 aromatic heterocycles. The van der Waals surface area contributed by atoms with Gasteiger partial charge in [0.25, 0.3) is 0 Å². The van der Waals surface area contributed by atoms with Crippen molar-refractivity contribution in [1.29, 1.82) is 0 Å². The molecule has 0 unspecified atom stereocenters. The van der Waals surface area contributed by atoms with E-state index in [2.05, 4.69) is 5.32 Å². The Morgan fingerprint density at radius 3 is 2.65 bits per heavy atom. The molecule has 1 aromatic rings. The second-order valence-electron chi connectivity index (χ2n) is 5.27. The van der Waals surface area contributed by atoms with Gasteiger partial charge < -0.3 is 10.1 Å². The lowest BCUT2D eigenvalue weighted by Crippen LogP contribution is -2.16. The molecule has 5 nitrogen and oxygen atoms in total. The third-order valence-corrected chi connectivity index (χ3v) is 3.60. The van der Waals surface area contributed by atoms with E-state index in [0.29, 0.717) is 18.3 Å². The average Bonchev–Trinajstić information content (AvgIpc) is 3.27. The van der Waals surface area contributed by atoms with Crippen LogP contribution in [0.4, 0.5) is 5.69 Å². The lowest BCUT2D eigenvalue weighted by molar-refractivity contribution is -0.386. The molecule has 0 atom stereocenters. The Balaban J connectivity index is 2.11. The van der Waals surface area contributed by atoms with E-state index in [4.69, 9.17) is 4.74 Å². The number of nitro groups is 1. The highest BCUT2D eigenvalue weighted by Crippen LogP contribution is 2.30. The maximum absolute atomic E-state index is 11.2. The minimum Gasteiger partial charge on any atom is -0.484 e. The smallest absolute Gasteiger partial charge is 0.311 e. The fraction of sp³-hybridized carbons (Fsp3) is 0.600. The quantitative estimate of drug-likeness (QED) is 0.584. The van der Waals surface area contributed by atoms with Crippen molar-refractivity contribution >= 4 is 5.69 Å². The highest BCUT2D eigenvalue weighted by molar-refractivity contribution is 5.48. The Hall–Kier alpha value is -1.62. The summed E-state index contributed by atoms with van der Waals surface area (Å²) in [6, 6.07) is 5.84. The number of nitrogens with zero attached hydrogens (tertiary/aromatic N) is 1. The first-order valence-corrected chi connectivity index (χ1v) is 7.31. The molecule has 1 aromatic carbocycles. The molecule has 2 rings (SSSR count). The third-order valence-electron chi connectivity index (χ3n) is 3.60. The zero-order chi connectivity index (χ0) is 14.5. The predicted octanol–water partition coefficient (Wildman–Crippen LogP) is 3.41. The van der Waals surface area contributed by atoms with Gasteiger partial charge in [-0.3, -0.25) is 10.1 Å². The summed E-state index contributed by atoms with van der Waals surface area (Å²) in [6.07, 6.45) is 4.14. The van der Waals surface area contributed by atoms with E-state index in [0.717, 1.165) is 18.4 Å². The minimum atomic E-state index is -0.363. The molecule has 1 N–H and O–H groups in total. The van der Waals surface area contributed by atoms with Gasteiger partial charge in [-0.05, 0) is 37.3 Å². The first-order chi connectivity index (χ1) is 9.63. The maximum atomic E-state index is 11.2. The van der Waals surface area contributed by atoms with Crippen LogP contribution in [0.3, 0.4) is 0 Å². The van der Waals surface area contributed by atoms with Crippen molar-refractivity contribution in [2.75, 3.05) is 0 Å².